The highest BCUT2D eigenvalue weighted by molar-refractivity contribution is 7.17. The molecule has 1 aromatic carbocycles. The zero-order valence-corrected chi connectivity index (χ0v) is 22.2. The lowest BCUT2D eigenvalue weighted by molar-refractivity contribution is 0.0934. The highest BCUT2D eigenvalue weighted by Crippen LogP contribution is 2.46. The van der Waals surface area contributed by atoms with Crippen molar-refractivity contribution in [2.75, 3.05) is 36.5 Å². The van der Waals surface area contributed by atoms with Gasteiger partial charge in [0.15, 0.2) is 0 Å². The molecule has 0 spiro atoms. The molecule has 1 saturated carbocycles. The highest BCUT2D eigenvalue weighted by Gasteiger charge is 2.44. The average Bonchev–Trinajstić information content (AvgIpc) is 3.40. The molecule has 35 heavy (non-hydrogen) atoms. The fourth-order valence-electron chi connectivity index (χ4n) is 5.33. The Hall–Kier alpha value is -2.42. The molecule has 5 rings (SSSR count). The van der Waals surface area contributed by atoms with Gasteiger partial charge in [-0.3, -0.25) is 9.59 Å². The number of hydrogen-bond acceptors (Lipinski definition) is 6. The number of rotatable bonds is 5. The van der Waals surface area contributed by atoms with Crippen molar-refractivity contribution in [3.05, 3.63) is 45.8 Å². The third-order valence-electron chi connectivity index (χ3n) is 7.22. The summed E-state index contributed by atoms with van der Waals surface area (Å²) in [6, 6.07) is 7.67. The summed E-state index contributed by atoms with van der Waals surface area (Å²) >= 11 is 1.52. The molecular weight excluding hydrogens is 460 g/mol. The lowest BCUT2D eigenvalue weighted by Crippen LogP contribution is -2.55. The molecule has 2 aromatic rings. The minimum absolute atomic E-state index is 0.0889. The Kier molecular flexibility index (Phi) is 5.97. The van der Waals surface area contributed by atoms with E-state index in [9.17, 15) is 9.59 Å². The molecule has 0 unspecified atom stereocenters. The number of carbonyl (C=O) groups excluding carboxylic acids is 2. The second-order valence-corrected chi connectivity index (χ2v) is 12.6. The van der Waals surface area contributed by atoms with Gasteiger partial charge in [-0.15, -0.1) is 11.3 Å². The molecule has 2 aliphatic heterocycles. The molecule has 188 valence electrons. The quantitative estimate of drug-likeness (QED) is 0.576. The summed E-state index contributed by atoms with van der Waals surface area (Å²) in [5.41, 5.74) is 2.73. The van der Waals surface area contributed by atoms with Crippen LogP contribution in [0.15, 0.2) is 24.3 Å². The third kappa shape index (κ3) is 4.97. The molecule has 2 amide bonds. The first-order valence-corrected chi connectivity index (χ1v) is 13.3. The standard InChI is InChI=1S/C27H36N4O3S/c1-25(2)16-19-20(23(33)29-27(5)10-11-27)24(35-21(19)26(3,4)30-25)28-22(32)17-6-8-18(9-7-17)31-12-14-34-15-13-31/h6-9,30H,10-16H2,1-5H3,(H,28,32)(H,29,33). The normalized spacial score (nSPS) is 21.7. The van der Waals surface area contributed by atoms with E-state index in [1.54, 1.807) is 0 Å². The number of ether oxygens (including phenoxy) is 1. The Bertz CT molecular complexity index is 1140. The van der Waals surface area contributed by atoms with Crippen molar-refractivity contribution >= 4 is 33.8 Å². The van der Waals surface area contributed by atoms with E-state index in [4.69, 9.17) is 4.74 Å². The van der Waals surface area contributed by atoms with Gasteiger partial charge in [0.25, 0.3) is 11.8 Å². The molecule has 1 saturated heterocycles. The van der Waals surface area contributed by atoms with Crippen LogP contribution in [-0.4, -0.2) is 49.2 Å². The van der Waals surface area contributed by atoms with Crippen LogP contribution in [0.5, 0.6) is 0 Å². The van der Waals surface area contributed by atoms with E-state index in [1.165, 1.54) is 11.3 Å². The molecule has 0 bridgehead atoms. The van der Waals surface area contributed by atoms with Gasteiger partial charge in [-0.25, -0.2) is 0 Å². The second-order valence-electron chi connectivity index (χ2n) is 11.5. The molecule has 7 nitrogen and oxygen atoms in total. The molecule has 8 heteroatoms. The fourth-order valence-corrected chi connectivity index (χ4v) is 6.59. The topological polar surface area (TPSA) is 82.7 Å². The summed E-state index contributed by atoms with van der Waals surface area (Å²) in [7, 11) is 0. The van der Waals surface area contributed by atoms with Crippen molar-refractivity contribution in [1.29, 1.82) is 0 Å². The van der Waals surface area contributed by atoms with Gasteiger partial charge in [-0.05, 0) is 83.7 Å². The maximum atomic E-state index is 13.5. The molecule has 1 aromatic heterocycles. The summed E-state index contributed by atoms with van der Waals surface area (Å²) in [6.07, 6.45) is 2.70. The SMILES string of the molecule is CC1(C)Cc2c(sc(NC(=O)c3ccc(N4CCOCC4)cc3)c2C(=O)NC2(C)CC2)C(C)(C)N1. The number of nitrogens with zero attached hydrogens (tertiary/aromatic N) is 1. The molecule has 1 aliphatic carbocycles. The van der Waals surface area contributed by atoms with Gasteiger partial charge in [0, 0.05) is 45.8 Å². The van der Waals surface area contributed by atoms with Crippen LogP contribution in [0, 0.1) is 0 Å². The number of anilines is 2. The second kappa shape index (κ2) is 8.61. The average molecular weight is 497 g/mol. The number of morpholine rings is 1. The maximum Gasteiger partial charge on any atom is 0.256 e. The van der Waals surface area contributed by atoms with Crippen LogP contribution in [0.4, 0.5) is 10.7 Å². The Morgan fingerprint density at radius 2 is 1.66 bits per heavy atom. The van der Waals surface area contributed by atoms with Gasteiger partial charge in [0.05, 0.1) is 18.8 Å². The van der Waals surface area contributed by atoms with E-state index in [0.29, 0.717) is 16.1 Å². The smallest absolute Gasteiger partial charge is 0.256 e. The van der Waals surface area contributed by atoms with Gasteiger partial charge < -0.3 is 25.6 Å². The zero-order chi connectivity index (χ0) is 25.0. The molecule has 0 atom stereocenters. The predicted octanol–water partition coefficient (Wildman–Crippen LogP) is 4.28. The van der Waals surface area contributed by atoms with E-state index in [-0.39, 0.29) is 28.4 Å². The van der Waals surface area contributed by atoms with Crippen LogP contribution in [0.2, 0.25) is 0 Å². The van der Waals surface area contributed by atoms with Crippen LogP contribution >= 0.6 is 11.3 Å². The fraction of sp³-hybridized carbons (Fsp3) is 0.556. The van der Waals surface area contributed by atoms with E-state index in [1.807, 2.05) is 24.3 Å². The number of amides is 2. The molecule has 0 radical (unpaired) electrons. The first kappa shape index (κ1) is 24.3. The van der Waals surface area contributed by atoms with Crippen molar-refractivity contribution < 1.29 is 14.3 Å². The Morgan fingerprint density at radius 1 is 1.00 bits per heavy atom. The van der Waals surface area contributed by atoms with Crippen molar-refractivity contribution in [3.8, 4) is 0 Å². The lowest BCUT2D eigenvalue weighted by Gasteiger charge is -2.42. The van der Waals surface area contributed by atoms with Crippen molar-refractivity contribution in [2.45, 2.75) is 70.5 Å². The minimum Gasteiger partial charge on any atom is -0.378 e. The van der Waals surface area contributed by atoms with Crippen LogP contribution in [-0.2, 0) is 16.7 Å². The molecule has 2 fully saturated rings. The molecular formula is C27H36N4O3S. The van der Waals surface area contributed by atoms with E-state index in [2.05, 4.69) is 55.5 Å². The number of benzene rings is 1. The highest BCUT2D eigenvalue weighted by atomic mass is 32.1. The number of carbonyl (C=O) groups is 2. The van der Waals surface area contributed by atoms with Crippen LogP contribution in [0.1, 0.15) is 78.6 Å². The number of hydrogen-bond donors (Lipinski definition) is 3. The van der Waals surface area contributed by atoms with E-state index < -0.39 is 0 Å². The van der Waals surface area contributed by atoms with E-state index in [0.717, 1.165) is 61.7 Å². The summed E-state index contributed by atoms with van der Waals surface area (Å²) in [4.78, 5) is 30.2. The van der Waals surface area contributed by atoms with Crippen molar-refractivity contribution in [2.24, 2.45) is 0 Å². The Balaban J connectivity index is 1.44. The van der Waals surface area contributed by atoms with Gasteiger partial charge in [-0.1, -0.05) is 0 Å². The largest absolute Gasteiger partial charge is 0.378 e. The Morgan fingerprint density at radius 3 is 2.29 bits per heavy atom. The monoisotopic (exact) mass is 496 g/mol. The summed E-state index contributed by atoms with van der Waals surface area (Å²) < 4.78 is 5.43. The van der Waals surface area contributed by atoms with Gasteiger partial charge >= 0.3 is 0 Å². The first-order chi connectivity index (χ1) is 16.5. The van der Waals surface area contributed by atoms with Gasteiger partial charge in [0.1, 0.15) is 5.00 Å². The molecule has 3 heterocycles. The number of fused-ring (bicyclic) bond motifs is 1. The number of nitrogens with one attached hydrogen (secondary N) is 3. The van der Waals surface area contributed by atoms with E-state index >= 15 is 0 Å². The van der Waals surface area contributed by atoms with Gasteiger partial charge in [-0.2, -0.15) is 0 Å². The van der Waals surface area contributed by atoms with Gasteiger partial charge in [0.2, 0.25) is 0 Å². The van der Waals surface area contributed by atoms with Crippen molar-refractivity contribution in [1.82, 2.24) is 10.6 Å². The zero-order valence-electron chi connectivity index (χ0n) is 21.3. The Labute approximate surface area is 211 Å². The summed E-state index contributed by atoms with van der Waals surface area (Å²) in [5.74, 6) is -0.289. The van der Waals surface area contributed by atoms with Crippen LogP contribution in [0.3, 0.4) is 0 Å². The lowest BCUT2D eigenvalue weighted by atomic mass is 9.81. The molecule has 3 aliphatic rings. The first-order valence-electron chi connectivity index (χ1n) is 12.5. The molecule has 3 N–H and O–H groups in total. The van der Waals surface area contributed by atoms with Crippen molar-refractivity contribution in [3.63, 3.8) is 0 Å². The maximum absolute atomic E-state index is 13.5. The summed E-state index contributed by atoms with van der Waals surface area (Å²) in [5, 5.41) is 10.6. The minimum atomic E-state index is -0.303. The predicted molar refractivity (Wildman–Crippen MR) is 141 cm³/mol. The number of thiophene rings is 1. The summed E-state index contributed by atoms with van der Waals surface area (Å²) in [6.45, 7) is 13.8. The van der Waals surface area contributed by atoms with Crippen LogP contribution in [0.25, 0.3) is 0 Å². The third-order valence-corrected chi connectivity index (χ3v) is 8.69. The van der Waals surface area contributed by atoms with Crippen LogP contribution < -0.4 is 20.9 Å².